The number of aromatic nitrogens is 3. The summed E-state index contributed by atoms with van der Waals surface area (Å²) in [5, 5.41) is 18.1. The zero-order valence-electron chi connectivity index (χ0n) is 12.3. The quantitative estimate of drug-likeness (QED) is 0.402. The third-order valence-electron chi connectivity index (χ3n) is 2.93. The second-order valence-electron chi connectivity index (χ2n) is 4.67. The standard InChI is InChI=1S/C14H13N5O5/c20-11(6-5-10-12(21)16-14(24)19-17-10)18-15-7-8-1-3-9(4-2-8)13(22)23/h1-4,7H,5-6H2,(H,18,20)(H,22,23)(H2,16,19,21,24)/b15-7+. The number of carboxylic acids is 1. The van der Waals surface area contributed by atoms with E-state index in [1.807, 2.05) is 4.98 Å². The van der Waals surface area contributed by atoms with Gasteiger partial charge in [0.25, 0.3) is 5.56 Å². The van der Waals surface area contributed by atoms with E-state index in [0.29, 0.717) is 5.56 Å². The molecule has 0 bridgehead atoms. The van der Waals surface area contributed by atoms with Gasteiger partial charge < -0.3 is 5.11 Å². The van der Waals surface area contributed by atoms with Gasteiger partial charge in [0.1, 0.15) is 5.69 Å². The van der Waals surface area contributed by atoms with Crippen LogP contribution in [0.1, 0.15) is 28.0 Å². The van der Waals surface area contributed by atoms with Gasteiger partial charge in [0.05, 0.1) is 11.8 Å². The number of carboxylic acid groups (broad SMARTS) is 1. The molecule has 1 aromatic heterocycles. The maximum atomic E-state index is 11.6. The van der Waals surface area contributed by atoms with Gasteiger partial charge in [-0.25, -0.2) is 20.1 Å². The molecule has 0 aliphatic heterocycles. The van der Waals surface area contributed by atoms with E-state index in [1.54, 1.807) is 12.1 Å². The van der Waals surface area contributed by atoms with Crippen molar-refractivity contribution in [1.29, 1.82) is 0 Å². The molecule has 2 rings (SSSR count). The summed E-state index contributed by atoms with van der Waals surface area (Å²) in [5.41, 5.74) is 1.71. The van der Waals surface area contributed by atoms with Crippen molar-refractivity contribution in [2.45, 2.75) is 12.8 Å². The molecule has 4 N–H and O–H groups in total. The normalized spacial score (nSPS) is 10.7. The van der Waals surface area contributed by atoms with E-state index in [0.717, 1.165) is 0 Å². The fraction of sp³-hybridized carbons (Fsp3) is 0.143. The molecular formula is C14H13N5O5. The fourth-order valence-corrected chi connectivity index (χ4v) is 1.72. The van der Waals surface area contributed by atoms with Crippen LogP contribution in [0.2, 0.25) is 0 Å². The van der Waals surface area contributed by atoms with Crippen molar-refractivity contribution in [3.05, 3.63) is 61.9 Å². The highest BCUT2D eigenvalue weighted by Crippen LogP contribution is 2.02. The van der Waals surface area contributed by atoms with Gasteiger partial charge in [-0.15, -0.1) is 0 Å². The molecule has 0 saturated carbocycles. The number of H-pyrrole nitrogens is 2. The molecule has 10 heteroatoms. The first kappa shape index (κ1) is 16.8. The number of aryl methyl sites for hydroxylation is 1. The van der Waals surface area contributed by atoms with Gasteiger partial charge in [0, 0.05) is 12.8 Å². The van der Waals surface area contributed by atoms with Crippen molar-refractivity contribution in [3.8, 4) is 0 Å². The maximum absolute atomic E-state index is 11.6. The second-order valence-corrected chi connectivity index (χ2v) is 4.67. The Balaban J connectivity index is 1.85. The van der Waals surface area contributed by atoms with E-state index in [2.05, 4.69) is 20.7 Å². The molecule has 1 amide bonds. The number of nitrogens with one attached hydrogen (secondary N) is 3. The number of carbonyl (C=O) groups excluding carboxylic acids is 1. The van der Waals surface area contributed by atoms with Crippen molar-refractivity contribution in [1.82, 2.24) is 20.6 Å². The van der Waals surface area contributed by atoms with Gasteiger partial charge in [-0.1, -0.05) is 12.1 Å². The molecule has 1 heterocycles. The number of aromatic amines is 2. The first-order valence-corrected chi connectivity index (χ1v) is 6.79. The molecule has 124 valence electrons. The zero-order chi connectivity index (χ0) is 17.5. The summed E-state index contributed by atoms with van der Waals surface area (Å²) in [4.78, 5) is 46.5. The molecule has 10 nitrogen and oxygen atoms in total. The summed E-state index contributed by atoms with van der Waals surface area (Å²) in [7, 11) is 0. The largest absolute Gasteiger partial charge is 0.478 e. The topological polar surface area (TPSA) is 157 Å². The van der Waals surface area contributed by atoms with Crippen molar-refractivity contribution in [2.24, 2.45) is 5.10 Å². The summed E-state index contributed by atoms with van der Waals surface area (Å²) in [6.07, 6.45) is 1.35. The van der Waals surface area contributed by atoms with Crippen LogP contribution in [-0.4, -0.2) is 38.4 Å². The van der Waals surface area contributed by atoms with Crippen LogP contribution in [0.25, 0.3) is 0 Å². The number of rotatable bonds is 6. The highest BCUT2D eigenvalue weighted by molar-refractivity contribution is 5.89. The Kier molecular flexibility index (Phi) is 5.34. The maximum Gasteiger partial charge on any atom is 0.342 e. The lowest BCUT2D eigenvalue weighted by Crippen LogP contribution is -2.28. The van der Waals surface area contributed by atoms with Gasteiger partial charge in [-0.05, 0) is 17.7 Å². The van der Waals surface area contributed by atoms with Gasteiger partial charge in [-0.3, -0.25) is 14.6 Å². The van der Waals surface area contributed by atoms with Crippen molar-refractivity contribution < 1.29 is 14.7 Å². The fourth-order valence-electron chi connectivity index (χ4n) is 1.72. The van der Waals surface area contributed by atoms with Crippen molar-refractivity contribution in [2.75, 3.05) is 0 Å². The first-order valence-electron chi connectivity index (χ1n) is 6.79. The summed E-state index contributed by atoms with van der Waals surface area (Å²) < 4.78 is 0. The molecule has 0 radical (unpaired) electrons. The van der Waals surface area contributed by atoms with Gasteiger partial charge >= 0.3 is 11.7 Å². The Labute approximate surface area is 134 Å². The lowest BCUT2D eigenvalue weighted by atomic mass is 10.1. The molecule has 0 spiro atoms. The predicted molar refractivity (Wildman–Crippen MR) is 82.9 cm³/mol. The summed E-state index contributed by atoms with van der Waals surface area (Å²) in [6.45, 7) is 0. The number of carbonyl (C=O) groups is 2. The molecule has 0 fully saturated rings. The van der Waals surface area contributed by atoms with E-state index >= 15 is 0 Å². The Bertz CT molecular complexity index is 881. The molecule has 0 unspecified atom stereocenters. The average Bonchev–Trinajstić information content (AvgIpc) is 2.54. The molecular weight excluding hydrogens is 318 g/mol. The van der Waals surface area contributed by atoms with E-state index in [1.165, 1.54) is 18.3 Å². The Morgan fingerprint density at radius 3 is 2.58 bits per heavy atom. The number of hydrazone groups is 1. The summed E-state index contributed by atoms with van der Waals surface area (Å²) in [6, 6.07) is 5.92. The lowest BCUT2D eigenvalue weighted by molar-refractivity contribution is -0.121. The number of benzene rings is 1. The number of amides is 1. The van der Waals surface area contributed by atoms with Gasteiger partial charge in [0.2, 0.25) is 5.91 Å². The number of nitrogens with zero attached hydrogens (tertiary/aromatic N) is 2. The van der Waals surface area contributed by atoms with Crippen LogP contribution in [0.4, 0.5) is 0 Å². The third-order valence-corrected chi connectivity index (χ3v) is 2.93. The molecule has 0 atom stereocenters. The van der Waals surface area contributed by atoms with E-state index in [4.69, 9.17) is 5.11 Å². The summed E-state index contributed by atoms with van der Waals surface area (Å²) in [5.74, 6) is -1.47. The van der Waals surface area contributed by atoms with Crippen LogP contribution < -0.4 is 16.7 Å². The zero-order valence-corrected chi connectivity index (χ0v) is 12.3. The molecule has 2 aromatic rings. The van der Waals surface area contributed by atoms with Crippen molar-refractivity contribution in [3.63, 3.8) is 0 Å². The predicted octanol–water partition coefficient (Wildman–Crippen LogP) is -0.761. The Morgan fingerprint density at radius 2 is 1.96 bits per heavy atom. The molecule has 1 aromatic carbocycles. The third kappa shape index (κ3) is 4.73. The van der Waals surface area contributed by atoms with Crippen LogP contribution in [0.3, 0.4) is 0 Å². The first-order chi connectivity index (χ1) is 11.5. The Hall–Kier alpha value is -3.56. The monoisotopic (exact) mass is 331 g/mol. The van der Waals surface area contributed by atoms with Crippen molar-refractivity contribution >= 4 is 18.1 Å². The van der Waals surface area contributed by atoms with Gasteiger partial charge in [0.15, 0.2) is 0 Å². The summed E-state index contributed by atoms with van der Waals surface area (Å²) >= 11 is 0. The minimum Gasteiger partial charge on any atom is -0.478 e. The number of hydrogen-bond donors (Lipinski definition) is 4. The van der Waals surface area contributed by atoms with Crippen LogP contribution in [-0.2, 0) is 11.2 Å². The van der Waals surface area contributed by atoms with Crippen LogP contribution in [0.5, 0.6) is 0 Å². The van der Waals surface area contributed by atoms with Crippen LogP contribution >= 0.6 is 0 Å². The molecule has 0 aliphatic rings. The highest BCUT2D eigenvalue weighted by atomic mass is 16.4. The van der Waals surface area contributed by atoms with E-state index < -0.39 is 23.1 Å². The van der Waals surface area contributed by atoms with Crippen LogP contribution in [0.15, 0.2) is 39.0 Å². The molecule has 24 heavy (non-hydrogen) atoms. The smallest absolute Gasteiger partial charge is 0.342 e. The SMILES string of the molecule is O=C(CCc1n[nH]c(=O)[nH]c1=O)N/N=C/c1ccc(C(=O)O)cc1. The van der Waals surface area contributed by atoms with E-state index in [9.17, 15) is 19.2 Å². The molecule has 0 saturated heterocycles. The number of aromatic carboxylic acids is 1. The molecule has 0 aliphatic carbocycles. The minimum absolute atomic E-state index is 0.0398. The lowest BCUT2D eigenvalue weighted by Gasteiger charge is -1.99. The Morgan fingerprint density at radius 1 is 1.25 bits per heavy atom. The van der Waals surface area contributed by atoms with Crippen LogP contribution in [0, 0.1) is 0 Å². The average molecular weight is 331 g/mol. The highest BCUT2D eigenvalue weighted by Gasteiger charge is 2.06. The van der Waals surface area contributed by atoms with Gasteiger partial charge in [-0.2, -0.15) is 10.2 Å². The van der Waals surface area contributed by atoms with E-state index in [-0.39, 0.29) is 24.1 Å². The minimum atomic E-state index is -1.03. The second kappa shape index (κ2) is 7.63. The number of hydrogen-bond acceptors (Lipinski definition) is 6.